The van der Waals surface area contributed by atoms with E-state index in [4.69, 9.17) is 4.42 Å². The van der Waals surface area contributed by atoms with Gasteiger partial charge in [0, 0.05) is 29.4 Å². The SMILES string of the molecule is Cc1nccnc1[C@@H](C)N[C@H](C)c1oc2ccc(F)cc2c1C. The summed E-state index contributed by atoms with van der Waals surface area (Å²) in [7, 11) is 0. The summed E-state index contributed by atoms with van der Waals surface area (Å²) in [6.45, 7) is 7.98. The molecule has 0 fully saturated rings. The van der Waals surface area contributed by atoms with Crippen molar-refractivity contribution in [1.29, 1.82) is 0 Å². The molecule has 0 aliphatic carbocycles. The van der Waals surface area contributed by atoms with Crippen LogP contribution in [0.3, 0.4) is 0 Å². The fraction of sp³-hybridized carbons (Fsp3) is 0.333. The lowest BCUT2D eigenvalue weighted by molar-refractivity contribution is 0.409. The highest BCUT2D eigenvalue weighted by atomic mass is 19.1. The van der Waals surface area contributed by atoms with Crippen LogP contribution in [0, 0.1) is 19.7 Å². The number of rotatable bonds is 4. The topological polar surface area (TPSA) is 51.0 Å². The molecule has 2 heterocycles. The molecule has 0 unspecified atom stereocenters. The van der Waals surface area contributed by atoms with Gasteiger partial charge in [-0.05, 0) is 45.9 Å². The normalized spacial score (nSPS) is 14.1. The van der Waals surface area contributed by atoms with Gasteiger partial charge in [-0.1, -0.05) is 0 Å². The highest BCUT2D eigenvalue weighted by Gasteiger charge is 2.20. The summed E-state index contributed by atoms with van der Waals surface area (Å²) < 4.78 is 19.3. The Balaban J connectivity index is 1.87. The van der Waals surface area contributed by atoms with Crippen molar-refractivity contribution in [3.63, 3.8) is 0 Å². The summed E-state index contributed by atoms with van der Waals surface area (Å²) in [5.41, 5.74) is 3.49. The van der Waals surface area contributed by atoms with Crippen molar-refractivity contribution in [2.24, 2.45) is 0 Å². The molecule has 4 nitrogen and oxygen atoms in total. The number of aryl methyl sites for hydroxylation is 2. The number of benzene rings is 1. The molecule has 2 aromatic heterocycles. The molecule has 1 aromatic carbocycles. The minimum absolute atomic E-state index is 0.0260. The van der Waals surface area contributed by atoms with Crippen molar-refractivity contribution >= 4 is 11.0 Å². The van der Waals surface area contributed by atoms with E-state index in [2.05, 4.69) is 15.3 Å². The molecule has 23 heavy (non-hydrogen) atoms. The Kier molecular flexibility index (Phi) is 4.13. The maximum absolute atomic E-state index is 13.4. The Bertz CT molecular complexity index is 843. The Hall–Kier alpha value is -2.27. The van der Waals surface area contributed by atoms with Gasteiger partial charge in [0.25, 0.3) is 0 Å². The van der Waals surface area contributed by atoms with E-state index in [-0.39, 0.29) is 17.9 Å². The molecule has 3 aromatic rings. The second kappa shape index (κ2) is 6.08. The first-order chi connectivity index (χ1) is 11.0. The van der Waals surface area contributed by atoms with E-state index in [1.54, 1.807) is 18.5 Å². The minimum Gasteiger partial charge on any atom is -0.459 e. The second-order valence-electron chi connectivity index (χ2n) is 5.87. The Labute approximate surface area is 134 Å². The maximum atomic E-state index is 13.4. The lowest BCUT2D eigenvalue weighted by atomic mass is 10.1. The first-order valence-electron chi connectivity index (χ1n) is 7.69. The Morgan fingerprint density at radius 2 is 1.83 bits per heavy atom. The van der Waals surface area contributed by atoms with Crippen LogP contribution in [0.2, 0.25) is 0 Å². The van der Waals surface area contributed by atoms with Gasteiger partial charge in [-0.3, -0.25) is 15.3 Å². The summed E-state index contributed by atoms with van der Waals surface area (Å²) in [4.78, 5) is 8.67. The van der Waals surface area contributed by atoms with Gasteiger partial charge < -0.3 is 4.42 Å². The van der Waals surface area contributed by atoms with Crippen LogP contribution in [0.5, 0.6) is 0 Å². The fourth-order valence-electron chi connectivity index (χ4n) is 3.00. The molecule has 0 saturated carbocycles. The van der Waals surface area contributed by atoms with Crippen molar-refractivity contribution in [3.05, 3.63) is 59.1 Å². The molecule has 120 valence electrons. The number of fused-ring (bicyclic) bond motifs is 1. The molecule has 2 atom stereocenters. The molecular formula is C18H20FN3O. The van der Waals surface area contributed by atoms with Crippen molar-refractivity contribution in [3.8, 4) is 0 Å². The molecule has 0 amide bonds. The van der Waals surface area contributed by atoms with Gasteiger partial charge in [0.2, 0.25) is 0 Å². The van der Waals surface area contributed by atoms with Crippen LogP contribution in [0.1, 0.15) is 48.6 Å². The smallest absolute Gasteiger partial charge is 0.134 e. The van der Waals surface area contributed by atoms with Crippen LogP contribution in [0.25, 0.3) is 11.0 Å². The van der Waals surface area contributed by atoms with Gasteiger partial charge in [0.15, 0.2) is 0 Å². The summed E-state index contributed by atoms with van der Waals surface area (Å²) >= 11 is 0. The highest BCUT2D eigenvalue weighted by Crippen LogP contribution is 2.31. The molecule has 0 spiro atoms. The predicted molar refractivity (Wildman–Crippen MR) is 87.6 cm³/mol. The average Bonchev–Trinajstić information content (AvgIpc) is 2.84. The number of aromatic nitrogens is 2. The lowest BCUT2D eigenvalue weighted by Crippen LogP contribution is -2.24. The van der Waals surface area contributed by atoms with E-state index < -0.39 is 0 Å². The van der Waals surface area contributed by atoms with Crippen molar-refractivity contribution in [1.82, 2.24) is 15.3 Å². The summed E-state index contributed by atoms with van der Waals surface area (Å²) in [5.74, 6) is 0.566. The molecule has 0 aliphatic rings. The molecule has 0 bridgehead atoms. The number of nitrogens with one attached hydrogen (secondary N) is 1. The average molecular weight is 313 g/mol. The lowest BCUT2D eigenvalue weighted by Gasteiger charge is -2.19. The second-order valence-corrected chi connectivity index (χ2v) is 5.87. The van der Waals surface area contributed by atoms with E-state index in [1.807, 2.05) is 27.7 Å². The molecule has 0 saturated heterocycles. The zero-order valence-electron chi connectivity index (χ0n) is 13.7. The maximum Gasteiger partial charge on any atom is 0.134 e. The molecular weight excluding hydrogens is 293 g/mol. The third-order valence-electron chi connectivity index (χ3n) is 4.16. The van der Waals surface area contributed by atoms with E-state index in [9.17, 15) is 4.39 Å². The summed E-state index contributed by atoms with van der Waals surface area (Å²) in [5, 5.41) is 4.30. The predicted octanol–water partition coefficient (Wildman–Crippen LogP) is 4.39. The number of nitrogens with zero attached hydrogens (tertiary/aromatic N) is 2. The quantitative estimate of drug-likeness (QED) is 0.776. The number of hydrogen-bond donors (Lipinski definition) is 1. The standard InChI is InChI=1S/C18H20FN3O/c1-10-15-9-14(19)5-6-16(15)23-18(10)13(4)22-12(3)17-11(2)20-7-8-21-17/h5-9,12-13,22H,1-4H3/t12-,13-/m1/s1. The van der Waals surface area contributed by atoms with Gasteiger partial charge in [0.05, 0.1) is 17.4 Å². The van der Waals surface area contributed by atoms with Gasteiger partial charge in [0.1, 0.15) is 17.2 Å². The van der Waals surface area contributed by atoms with E-state index in [1.165, 1.54) is 12.1 Å². The largest absolute Gasteiger partial charge is 0.459 e. The zero-order valence-corrected chi connectivity index (χ0v) is 13.7. The van der Waals surface area contributed by atoms with Gasteiger partial charge >= 0.3 is 0 Å². The van der Waals surface area contributed by atoms with E-state index in [0.717, 1.165) is 28.1 Å². The third-order valence-corrected chi connectivity index (χ3v) is 4.16. The minimum atomic E-state index is -0.253. The molecule has 1 N–H and O–H groups in total. The first-order valence-corrected chi connectivity index (χ1v) is 7.69. The van der Waals surface area contributed by atoms with Gasteiger partial charge in [-0.25, -0.2) is 4.39 Å². The summed E-state index contributed by atoms with van der Waals surface area (Å²) in [6, 6.07) is 4.61. The van der Waals surface area contributed by atoms with Crippen molar-refractivity contribution in [2.45, 2.75) is 39.8 Å². The van der Waals surface area contributed by atoms with E-state index >= 15 is 0 Å². The van der Waals surface area contributed by atoms with Crippen LogP contribution in [0.15, 0.2) is 35.0 Å². The van der Waals surface area contributed by atoms with Crippen LogP contribution < -0.4 is 5.32 Å². The number of furan rings is 1. The Morgan fingerprint density at radius 3 is 2.57 bits per heavy atom. The van der Waals surface area contributed by atoms with Crippen LogP contribution in [-0.4, -0.2) is 9.97 Å². The fourth-order valence-corrected chi connectivity index (χ4v) is 3.00. The molecule has 0 radical (unpaired) electrons. The highest BCUT2D eigenvalue weighted by molar-refractivity contribution is 5.82. The van der Waals surface area contributed by atoms with Crippen LogP contribution in [0.4, 0.5) is 4.39 Å². The third kappa shape index (κ3) is 2.97. The monoisotopic (exact) mass is 313 g/mol. The van der Waals surface area contributed by atoms with Crippen LogP contribution >= 0.6 is 0 Å². The first kappa shape index (κ1) is 15.6. The van der Waals surface area contributed by atoms with Gasteiger partial charge in [-0.2, -0.15) is 0 Å². The molecule has 0 aliphatic heterocycles. The number of halogens is 1. The van der Waals surface area contributed by atoms with E-state index in [0.29, 0.717) is 5.58 Å². The number of hydrogen-bond acceptors (Lipinski definition) is 4. The Morgan fingerprint density at radius 1 is 1.09 bits per heavy atom. The van der Waals surface area contributed by atoms with Crippen LogP contribution in [-0.2, 0) is 0 Å². The van der Waals surface area contributed by atoms with Crippen molar-refractivity contribution in [2.75, 3.05) is 0 Å². The van der Waals surface area contributed by atoms with Crippen molar-refractivity contribution < 1.29 is 8.81 Å². The molecule has 5 heteroatoms. The van der Waals surface area contributed by atoms with Gasteiger partial charge in [-0.15, -0.1) is 0 Å². The zero-order chi connectivity index (χ0) is 16.6. The summed E-state index contributed by atoms with van der Waals surface area (Å²) in [6.07, 6.45) is 3.38. The molecule has 3 rings (SSSR count).